The van der Waals surface area contributed by atoms with E-state index < -0.39 is 32.7 Å². The van der Waals surface area contributed by atoms with Gasteiger partial charge in [0.15, 0.2) is 0 Å². The molecule has 0 aliphatic rings. The summed E-state index contributed by atoms with van der Waals surface area (Å²) in [6.45, 7) is 1.88. The maximum Gasteiger partial charge on any atom is 0.381 e. The minimum absolute atomic E-state index is 0.0151. The van der Waals surface area contributed by atoms with E-state index >= 15 is 0 Å². The number of ether oxygens (including phenoxy) is 1. The first-order valence-electron chi connectivity index (χ1n) is 9.24. The van der Waals surface area contributed by atoms with Crippen LogP contribution in [0.2, 0.25) is 0 Å². The minimum atomic E-state index is -5.48. The van der Waals surface area contributed by atoms with Crippen molar-refractivity contribution in [3.05, 3.63) is 47.8 Å². The molecule has 0 radical (unpaired) electrons. The predicted molar refractivity (Wildman–Crippen MR) is 106 cm³/mol. The summed E-state index contributed by atoms with van der Waals surface area (Å²) in [7, 11) is -11.0. The zero-order valence-electron chi connectivity index (χ0n) is 16.4. The van der Waals surface area contributed by atoms with Crippen molar-refractivity contribution in [3.63, 3.8) is 0 Å². The Kier molecular flexibility index (Phi) is 8.10. The van der Waals surface area contributed by atoms with Crippen molar-refractivity contribution in [2.24, 2.45) is 0 Å². The van der Waals surface area contributed by atoms with Gasteiger partial charge in [0, 0.05) is 19.0 Å². The molecular weight excluding hydrogens is 436 g/mol. The third-order valence-electron chi connectivity index (χ3n) is 4.44. The van der Waals surface area contributed by atoms with Crippen LogP contribution in [0.3, 0.4) is 0 Å². The highest BCUT2D eigenvalue weighted by atomic mass is 31.2. The van der Waals surface area contributed by atoms with Crippen LogP contribution in [0.1, 0.15) is 43.9 Å². The molecule has 2 rings (SSSR count). The molecule has 0 aliphatic heterocycles. The van der Waals surface area contributed by atoms with E-state index in [1.54, 1.807) is 10.9 Å². The van der Waals surface area contributed by atoms with Crippen LogP contribution in [0.15, 0.2) is 36.5 Å². The van der Waals surface area contributed by atoms with Gasteiger partial charge in [-0.25, -0.2) is 4.68 Å². The Morgan fingerprint density at radius 2 is 1.73 bits per heavy atom. The Balaban J connectivity index is 2.01. The van der Waals surface area contributed by atoms with E-state index in [1.807, 2.05) is 30.3 Å². The quantitative estimate of drug-likeness (QED) is 0.220. The molecule has 0 saturated heterocycles. The molecule has 1 heterocycles. The maximum atomic E-state index is 11.9. The summed E-state index contributed by atoms with van der Waals surface area (Å²) in [6.07, 6.45) is 1.41. The molecular formula is C17H25N3O8P2. The van der Waals surface area contributed by atoms with Gasteiger partial charge in [-0.05, 0) is 24.8 Å². The fourth-order valence-corrected chi connectivity index (χ4v) is 5.55. The number of carbonyl (C=O) groups excluding carboxylic acids is 1. The number of carbonyl (C=O) groups is 1. The SMILES string of the molecule is CCC(=O)OC(CCCCc1cn(Cc2ccccc2)nn1)(P(=O)(O)O)P(=O)(O)O. The smallest absolute Gasteiger partial charge is 0.381 e. The van der Waals surface area contributed by atoms with Gasteiger partial charge in [-0.2, -0.15) is 0 Å². The van der Waals surface area contributed by atoms with Gasteiger partial charge in [-0.3, -0.25) is 13.9 Å². The second-order valence-corrected chi connectivity index (χ2v) is 10.7. The van der Waals surface area contributed by atoms with Gasteiger partial charge >= 0.3 is 26.2 Å². The molecule has 0 amide bonds. The molecule has 0 fully saturated rings. The summed E-state index contributed by atoms with van der Waals surface area (Å²) in [4.78, 5) is 49.9. The average Bonchev–Trinajstić information content (AvgIpc) is 3.10. The number of aryl methyl sites for hydroxylation is 1. The van der Waals surface area contributed by atoms with Gasteiger partial charge in [0.25, 0.3) is 0 Å². The van der Waals surface area contributed by atoms with Crippen molar-refractivity contribution in [2.75, 3.05) is 0 Å². The van der Waals surface area contributed by atoms with Crippen molar-refractivity contribution in [1.29, 1.82) is 0 Å². The number of unbranched alkanes of at least 4 members (excludes halogenated alkanes) is 1. The summed E-state index contributed by atoms with van der Waals surface area (Å²) in [5.74, 6) is -1.11. The van der Waals surface area contributed by atoms with Crippen molar-refractivity contribution < 1.29 is 38.2 Å². The standard InChI is InChI=1S/C17H25N3O8P2/c1-2-16(21)28-17(29(22,23)24,30(25,26)27)11-7-6-10-15-13-20(19-18-15)12-14-8-4-3-5-9-14/h3-5,8-9,13H,2,6-7,10-12H2,1H3,(H2,22,23,24)(H2,25,26,27). The largest absolute Gasteiger partial charge is 0.433 e. The Bertz CT molecular complexity index is 915. The lowest BCUT2D eigenvalue weighted by atomic mass is 10.1. The van der Waals surface area contributed by atoms with Crippen molar-refractivity contribution in [2.45, 2.75) is 50.7 Å². The van der Waals surface area contributed by atoms with E-state index in [-0.39, 0.29) is 12.8 Å². The third-order valence-corrected chi connectivity index (χ3v) is 8.45. The monoisotopic (exact) mass is 461 g/mol. The van der Waals surface area contributed by atoms with E-state index in [0.717, 1.165) is 5.56 Å². The molecule has 0 atom stereocenters. The van der Waals surface area contributed by atoms with E-state index in [2.05, 4.69) is 15.0 Å². The molecule has 1 aromatic heterocycles. The molecule has 30 heavy (non-hydrogen) atoms. The van der Waals surface area contributed by atoms with Crippen molar-refractivity contribution in [3.8, 4) is 0 Å². The summed E-state index contributed by atoms with van der Waals surface area (Å²) in [5, 5.41) is 4.86. The van der Waals surface area contributed by atoms with E-state index in [9.17, 15) is 33.5 Å². The van der Waals surface area contributed by atoms with Crippen LogP contribution >= 0.6 is 15.2 Å². The Morgan fingerprint density at radius 3 is 2.30 bits per heavy atom. The molecule has 11 nitrogen and oxygen atoms in total. The first-order valence-corrected chi connectivity index (χ1v) is 12.5. The zero-order valence-corrected chi connectivity index (χ0v) is 18.2. The fourth-order valence-electron chi connectivity index (χ4n) is 2.85. The molecule has 2 aromatic rings. The summed E-state index contributed by atoms with van der Waals surface area (Å²) < 4.78 is 30.1. The molecule has 166 valence electrons. The number of rotatable bonds is 11. The average molecular weight is 461 g/mol. The maximum absolute atomic E-state index is 11.9. The Morgan fingerprint density at radius 1 is 1.10 bits per heavy atom. The topological polar surface area (TPSA) is 172 Å². The lowest BCUT2D eigenvalue weighted by Gasteiger charge is -2.33. The van der Waals surface area contributed by atoms with Crippen LogP contribution in [-0.2, 0) is 31.6 Å². The molecule has 0 bridgehead atoms. The molecule has 0 aliphatic carbocycles. The number of nitrogens with zero attached hydrogens (tertiary/aromatic N) is 3. The van der Waals surface area contributed by atoms with E-state index in [1.165, 1.54) is 6.92 Å². The summed E-state index contributed by atoms with van der Waals surface area (Å²) in [5.41, 5.74) is 1.66. The first-order chi connectivity index (χ1) is 14.0. The van der Waals surface area contributed by atoms with Crippen LogP contribution in [-0.4, -0.2) is 45.6 Å². The second kappa shape index (κ2) is 9.96. The lowest BCUT2D eigenvalue weighted by Crippen LogP contribution is -2.35. The molecule has 0 unspecified atom stereocenters. The summed E-state index contributed by atoms with van der Waals surface area (Å²) in [6, 6.07) is 9.62. The third kappa shape index (κ3) is 6.07. The van der Waals surface area contributed by atoms with Gasteiger partial charge < -0.3 is 24.3 Å². The molecule has 1 aromatic carbocycles. The van der Waals surface area contributed by atoms with Crippen molar-refractivity contribution in [1.82, 2.24) is 15.0 Å². The molecule has 0 saturated carbocycles. The predicted octanol–water partition coefficient (Wildman–Crippen LogP) is 2.00. The fraction of sp³-hybridized carbons (Fsp3) is 0.471. The van der Waals surface area contributed by atoms with Gasteiger partial charge in [-0.1, -0.05) is 42.5 Å². The number of aromatic nitrogens is 3. The van der Waals surface area contributed by atoms with Crippen LogP contribution in [0, 0.1) is 0 Å². The number of hydrogen-bond donors (Lipinski definition) is 4. The Hall–Kier alpha value is -1.87. The van der Waals surface area contributed by atoms with Gasteiger partial charge in [0.1, 0.15) is 0 Å². The summed E-state index contributed by atoms with van der Waals surface area (Å²) >= 11 is 0. The number of esters is 1. The highest BCUT2D eigenvalue weighted by molar-refractivity contribution is 7.72. The molecule has 4 N–H and O–H groups in total. The first kappa shape index (κ1) is 24.4. The highest BCUT2D eigenvalue weighted by Gasteiger charge is 2.63. The molecule has 13 heteroatoms. The van der Waals surface area contributed by atoms with Crippen LogP contribution < -0.4 is 0 Å². The zero-order chi connectivity index (χ0) is 22.4. The normalized spacial score (nSPS) is 12.7. The second-order valence-electron chi connectivity index (χ2n) is 6.76. The number of hydrogen-bond acceptors (Lipinski definition) is 6. The highest BCUT2D eigenvalue weighted by Crippen LogP contribution is 2.71. The Labute approximate surface area is 173 Å². The van der Waals surface area contributed by atoms with Crippen LogP contribution in [0.25, 0.3) is 0 Å². The minimum Gasteiger partial charge on any atom is -0.433 e. The van der Waals surface area contributed by atoms with Crippen LogP contribution in [0.4, 0.5) is 0 Å². The van der Waals surface area contributed by atoms with E-state index in [4.69, 9.17) is 0 Å². The number of benzene rings is 1. The van der Waals surface area contributed by atoms with E-state index in [0.29, 0.717) is 25.1 Å². The van der Waals surface area contributed by atoms with Gasteiger partial charge in [0.2, 0.25) is 0 Å². The lowest BCUT2D eigenvalue weighted by molar-refractivity contribution is -0.149. The van der Waals surface area contributed by atoms with Gasteiger partial charge in [0.05, 0.1) is 12.2 Å². The molecule has 0 spiro atoms. The van der Waals surface area contributed by atoms with Crippen LogP contribution in [0.5, 0.6) is 0 Å². The van der Waals surface area contributed by atoms with Gasteiger partial charge in [-0.15, -0.1) is 5.10 Å². The van der Waals surface area contributed by atoms with Crippen molar-refractivity contribution >= 4 is 21.2 Å².